The van der Waals surface area contributed by atoms with Crippen molar-refractivity contribution < 1.29 is 4.79 Å². The minimum absolute atomic E-state index is 0.319. The second-order valence-electron chi connectivity index (χ2n) is 3.16. The Hall–Kier alpha value is -1.40. The van der Waals surface area contributed by atoms with Gasteiger partial charge < -0.3 is 0 Å². The number of imidazole rings is 1. The fraction of sp³-hybridized carbons (Fsp3) is 0.111. The van der Waals surface area contributed by atoms with E-state index in [2.05, 4.69) is 26.3 Å². The molecule has 3 N–H and O–H groups in total. The number of hydrogen-bond acceptors (Lipinski definition) is 3. The lowest BCUT2D eigenvalue weighted by atomic mass is 10.2. The molecule has 2 aromatic rings. The topological polar surface area (TPSA) is 72.4 Å². The molecule has 0 unspecified atom stereocenters. The summed E-state index contributed by atoms with van der Waals surface area (Å²) in [6.07, 6.45) is 3.37. The number of hydrazine groups is 1. The molecule has 0 saturated heterocycles. The third-order valence-electron chi connectivity index (χ3n) is 2.14. The van der Waals surface area contributed by atoms with E-state index in [0.717, 1.165) is 15.8 Å². The van der Waals surface area contributed by atoms with E-state index in [1.165, 1.54) is 0 Å². The molecule has 0 aliphatic rings. The highest BCUT2D eigenvalue weighted by molar-refractivity contribution is 9.10. The summed E-state index contributed by atoms with van der Waals surface area (Å²) in [5, 5.41) is 0. The molecule has 2 heterocycles. The number of rotatable bonds is 1. The summed E-state index contributed by atoms with van der Waals surface area (Å²) in [5.41, 5.74) is 4.33. The number of carbonyl (C=O) groups excluding carboxylic acids is 1. The average Bonchev–Trinajstić information content (AvgIpc) is 2.60. The Labute approximate surface area is 94.4 Å². The molecule has 6 heteroatoms. The van der Waals surface area contributed by atoms with Gasteiger partial charge in [-0.3, -0.25) is 14.6 Å². The number of nitrogens with two attached hydrogens (primary N) is 1. The molecule has 0 aliphatic heterocycles. The first-order chi connectivity index (χ1) is 7.13. The third kappa shape index (κ3) is 1.62. The summed E-state index contributed by atoms with van der Waals surface area (Å²) >= 11 is 3.34. The smallest absolute Gasteiger partial charge is 0.266 e. The van der Waals surface area contributed by atoms with Crippen LogP contribution >= 0.6 is 15.9 Å². The van der Waals surface area contributed by atoms with Crippen molar-refractivity contribution in [3.05, 3.63) is 34.2 Å². The predicted octanol–water partition coefficient (Wildman–Crippen LogP) is 1.01. The van der Waals surface area contributed by atoms with Crippen LogP contribution < -0.4 is 11.3 Å². The van der Waals surface area contributed by atoms with Crippen LogP contribution in [-0.4, -0.2) is 15.3 Å². The molecule has 0 bridgehead atoms. The summed E-state index contributed by atoms with van der Waals surface area (Å²) in [4.78, 5) is 15.6. The van der Waals surface area contributed by atoms with E-state index in [-0.39, 0.29) is 5.91 Å². The number of nitrogens with one attached hydrogen (secondary N) is 1. The zero-order valence-corrected chi connectivity index (χ0v) is 9.58. The highest BCUT2D eigenvalue weighted by atomic mass is 79.9. The maximum atomic E-state index is 11.4. The van der Waals surface area contributed by atoms with E-state index >= 15 is 0 Å². The maximum absolute atomic E-state index is 11.4. The molecule has 0 fully saturated rings. The first-order valence-electron chi connectivity index (χ1n) is 4.27. The average molecular weight is 269 g/mol. The fourth-order valence-electron chi connectivity index (χ4n) is 1.44. The first kappa shape index (κ1) is 10.1. The summed E-state index contributed by atoms with van der Waals surface area (Å²) in [5.74, 6) is 4.76. The van der Waals surface area contributed by atoms with Gasteiger partial charge in [-0.15, -0.1) is 0 Å². The normalized spacial score (nSPS) is 10.6. The van der Waals surface area contributed by atoms with Crippen LogP contribution in [0.3, 0.4) is 0 Å². The lowest BCUT2D eigenvalue weighted by molar-refractivity contribution is 0.0953. The summed E-state index contributed by atoms with van der Waals surface area (Å²) in [6, 6.07) is 1.75. The third-order valence-corrected chi connectivity index (χ3v) is 2.72. The van der Waals surface area contributed by atoms with Gasteiger partial charge in [0.2, 0.25) is 0 Å². The molecule has 2 rings (SSSR count). The van der Waals surface area contributed by atoms with Gasteiger partial charge in [-0.25, -0.2) is 10.8 Å². The number of nitrogens with zero attached hydrogens (tertiary/aromatic N) is 2. The number of hydrogen-bond donors (Lipinski definition) is 2. The van der Waals surface area contributed by atoms with Gasteiger partial charge in [0, 0.05) is 6.20 Å². The van der Waals surface area contributed by atoms with Crippen LogP contribution in [0.1, 0.15) is 15.9 Å². The van der Waals surface area contributed by atoms with Gasteiger partial charge in [0.05, 0.1) is 11.8 Å². The van der Waals surface area contributed by atoms with Gasteiger partial charge in [0.1, 0.15) is 10.3 Å². The van der Waals surface area contributed by atoms with Crippen molar-refractivity contribution in [2.45, 2.75) is 6.92 Å². The number of amides is 1. The number of carbonyl (C=O) groups is 1. The van der Waals surface area contributed by atoms with Crippen LogP contribution in [0.2, 0.25) is 0 Å². The largest absolute Gasteiger partial charge is 0.293 e. The van der Waals surface area contributed by atoms with E-state index < -0.39 is 0 Å². The van der Waals surface area contributed by atoms with Crippen molar-refractivity contribution in [1.29, 1.82) is 0 Å². The molecule has 0 atom stereocenters. The number of aromatic nitrogens is 2. The minimum Gasteiger partial charge on any atom is -0.293 e. The zero-order valence-electron chi connectivity index (χ0n) is 7.99. The van der Waals surface area contributed by atoms with Crippen LogP contribution in [-0.2, 0) is 0 Å². The molecule has 5 nitrogen and oxygen atoms in total. The molecule has 0 aliphatic carbocycles. The minimum atomic E-state index is -0.319. The molecule has 0 radical (unpaired) electrons. The zero-order chi connectivity index (χ0) is 11.0. The van der Waals surface area contributed by atoms with Crippen molar-refractivity contribution in [1.82, 2.24) is 14.8 Å². The molecule has 1 amide bonds. The Kier molecular flexibility index (Phi) is 2.45. The van der Waals surface area contributed by atoms with Crippen LogP contribution in [0, 0.1) is 6.92 Å². The predicted molar refractivity (Wildman–Crippen MR) is 59.3 cm³/mol. The highest BCUT2D eigenvalue weighted by Crippen LogP contribution is 2.17. The van der Waals surface area contributed by atoms with E-state index in [9.17, 15) is 4.79 Å². The first-order valence-corrected chi connectivity index (χ1v) is 5.07. The Morgan fingerprint density at radius 2 is 2.40 bits per heavy atom. The summed E-state index contributed by atoms with van der Waals surface area (Å²) in [7, 11) is 0. The summed E-state index contributed by atoms with van der Waals surface area (Å²) < 4.78 is 2.59. The van der Waals surface area contributed by atoms with Crippen molar-refractivity contribution in [3.8, 4) is 0 Å². The van der Waals surface area contributed by atoms with E-state index in [1.54, 1.807) is 22.9 Å². The van der Waals surface area contributed by atoms with Crippen molar-refractivity contribution in [3.63, 3.8) is 0 Å². The van der Waals surface area contributed by atoms with Crippen molar-refractivity contribution in [2.24, 2.45) is 5.84 Å². The van der Waals surface area contributed by atoms with E-state index in [1.807, 2.05) is 6.92 Å². The second-order valence-corrected chi connectivity index (χ2v) is 3.97. The Bertz CT molecular complexity index is 534. The fourth-order valence-corrected chi connectivity index (χ4v) is 1.81. The molecule has 15 heavy (non-hydrogen) atoms. The van der Waals surface area contributed by atoms with Crippen LogP contribution in [0.25, 0.3) is 5.65 Å². The Morgan fingerprint density at radius 1 is 1.67 bits per heavy atom. The molecule has 78 valence electrons. The SMILES string of the molecule is Cc1cc(C(=O)NN)cn2c(Br)cnc12. The van der Waals surface area contributed by atoms with Gasteiger partial charge in [0.15, 0.2) is 0 Å². The molecule has 0 aromatic carbocycles. The molecule has 0 saturated carbocycles. The van der Waals surface area contributed by atoms with Crippen molar-refractivity contribution >= 4 is 27.5 Å². The molecular weight excluding hydrogens is 260 g/mol. The van der Waals surface area contributed by atoms with Gasteiger partial charge in [-0.2, -0.15) is 0 Å². The lowest BCUT2D eigenvalue weighted by Gasteiger charge is -2.04. The number of halogens is 1. The lowest BCUT2D eigenvalue weighted by Crippen LogP contribution is -2.30. The molecule has 2 aromatic heterocycles. The number of pyridine rings is 1. The maximum Gasteiger partial charge on any atom is 0.266 e. The van der Waals surface area contributed by atoms with Crippen LogP contribution in [0.15, 0.2) is 23.1 Å². The Balaban J connectivity index is 2.70. The molecule has 0 spiro atoms. The van der Waals surface area contributed by atoms with Crippen LogP contribution in [0.5, 0.6) is 0 Å². The molecular formula is C9H9BrN4O. The number of nitrogen functional groups attached to an aromatic ring is 1. The Morgan fingerprint density at radius 3 is 3.07 bits per heavy atom. The van der Waals surface area contributed by atoms with Crippen LogP contribution in [0.4, 0.5) is 0 Å². The number of aryl methyl sites for hydroxylation is 1. The van der Waals surface area contributed by atoms with Gasteiger partial charge in [0.25, 0.3) is 5.91 Å². The number of fused-ring (bicyclic) bond motifs is 1. The van der Waals surface area contributed by atoms with Gasteiger partial charge in [-0.1, -0.05) is 0 Å². The highest BCUT2D eigenvalue weighted by Gasteiger charge is 2.09. The van der Waals surface area contributed by atoms with E-state index in [4.69, 9.17) is 5.84 Å². The second kappa shape index (κ2) is 3.63. The standard InChI is InChI=1S/C9H9BrN4O/c1-5-2-6(9(15)13-11)4-14-7(10)3-12-8(5)14/h2-4H,11H2,1H3,(H,13,15). The summed E-state index contributed by atoms with van der Waals surface area (Å²) in [6.45, 7) is 1.89. The monoisotopic (exact) mass is 268 g/mol. The van der Waals surface area contributed by atoms with Gasteiger partial charge >= 0.3 is 0 Å². The quantitative estimate of drug-likeness (QED) is 0.461. The van der Waals surface area contributed by atoms with E-state index in [0.29, 0.717) is 5.56 Å². The van der Waals surface area contributed by atoms with Gasteiger partial charge in [-0.05, 0) is 34.5 Å². The van der Waals surface area contributed by atoms with Crippen molar-refractivity contribution in [2.75, 3.05) is 0 Å².